The van der Waals surface area contributed by atoms with Crippen molar-refractivity contribution in [1.29, 1.82) is 0 Å². The van der Waals surface area contributed by atoms with Crippen molar-refractivity contribution in [2.75, 3.05) is 24.3 Å². The van der Waals surface area contributed by atoms with Crippen molar-refractivity contribution in [2.45, 2.75) is 32.5 Å². The smallest absolute Gasteiger partial charge is 0.412 e. The van der Waals surface area contributed by atoms with E-state index in [1.165, 1.54) is 13.0 Å². The minimum Gasteiger partial charge on any atom is -0.508 e. The fourth-order valence-corrected chi connectivity index (χ4v) is 3.48. The lowest BCUT2D eigenvalue weighted by molar-refractivity contribution is -0.142. The Bertz CT molecular complexity index is 968. The molecular formula is C23H26BrNO7S. The quantitative estimate of drug-likeness (QED) is 0.211. The monoisotopic (exact) mass is 539 g/mol. The number of halogens is 1. The molecular weight excluding hydrogens is 514 g/mol. The second kappa shape index (κ2) is 13.2. The number of Topliss-reactive ketones (excluding diaryl/α,β-unsaturated/α-hetero) is 1. The summed E-state index contributed by atoms with van der Waals surface area (Å²) >= 11 is 7.23. The van der Waals surface area contributed by atoms with Gasteiger partial charge in [0.1, 0.15) is 11.9 Å². The Kier molecular flexibility index (Phi) is 10.7. The van der Waals surface area contributed by atoms with Crippen LogP contribution in [0.15, 0.2) is 46.9 Å². The number of carbonyl (C=O) groups excluding carboxylic acids is 3. The number of hydrogen-bond acceptors (Lipinski definition) is 8. The maximum atomic E-state index is 12.7. The fourth-order valence-electron chi connectivity index (χ4n) is 3.01. The summed E-state index contributed by atoms with van der Waals surface area (Å²) in [6.45, 7) is 3.55. The van der Waals surface area contributed by atoms with Crippen LogP contribution in [0.3, 0.4) is 0 Å². The number of nitrogens with one attached hydrogen (secondary N) is 1. The minimum absolute atomic E-state index is 0.0206. The number of benzene rings is 2. The van der Waals surface area contributed by atoms with E-state index >= 15 is 0 Å². The number of aromatic hydroxyl groups is 1. The van der Waals surface area contributed by atoms with Crippen LogP contribution in [0.4, 0.5) is 10.5 Å². The molecule has 0 aliphatic carbocycles. The number of phenols is 1. The van der Waals surface area contributed by atoms with Gasteiger partial charge in [0, 0.05) is 34.3 Å². The van der Waals surface area contributed by atoms with Crippen LogP contribution >= 0.6 is 28.6 Å². The Labute approximate surface area is 206 Å². The number of ether oxygens (including phenoxy) is 3. The normalized spacial score (nSPS) is 12.5. The predicted octanol–water partition coefficient (Wildman–Crippen LogP) is 4.92. The van der Waals surface area contributed by atoms with Gasteiger partial charge in [-0.05, 0) is 56.3 Å². The third kappa shape index (κ3) is 8.38. The van der Waals surface area contributed by atoms with Crippen molar-refractivity contribution >= 4 is 52.1 Å². The lowest BCUT2D eigenvalue weighted by Gasteiger charge is -2.28. The molecule has 10 heteroatoms. The second-order valence-electron chi connectivity index (χ2n) is 6.95. The molecule has 33 heavy (non-hydrogen) atoms. The Morgan fingerprint density at radius 3 is 2.45 bits per heavy atom. The summed E-state index contributed by atoms with van der Waals surface area (Å²) in [5.41, 5.74) is 1.27. The molecule has 1 amide bonds. The van der Waals surface area contributed by atoms with Crippen molar-refractivity contribution in [3.8, 4) is 5.75 Å². The molecule has 178 valence electrons. The van der Waals surface area contributed by atoms with Gasteiger partial charge in [-0.1, -0.05) is 15.9 Å². The van der Waals surface area contributed by atoms with E-state index in [1.807, 2.05) is 0 Å². The van der Waals surface area contributed by atoms with E-state index in [0.29, 0.717) is 27.9 Å². The summed E-state index contributed by atoms with van der Waals surface area (Å²) < 4.78 is 17.2. The summed E-state index contributed by atoms with van der Waals surface area (Å²) in [5, 5.41) is 13.0. The van der Waals surface area contributed by atoms with Crippen LogP contribution in [0, 0.1) is 0 Å². The minimum atomic E-state index is -1.01. The zero-order valence-corrected chi connectivity index (χ0v) is 20.7. The first-order valence-electron chi connectivity index (χ1n) is 10.2. The Hall–Kier alpha value is -2.56. The highest BCUT2D eigenvalue weighted by molar-refractivity contribution is 9.10. The lowest BCUT2D eigenvalue weighted by atomic mass is 10.0. The average Bonchev–Trinajstić information content (AvgIpc) is 2.79. The Balaban J connectivity index is 2.24. The molecule has 8 nitrogen and oxygen atoms in total. The third-order valence-corrected chi connectivity index (χ3v) is 5.33. The van der Waals surface area contributed by atoms with Crippen LogP contribution in [0.2, 0.25) is 0 Å². The molecule has 0 aromatic heterocycles. The highest BCUT2D eigenvalue weighted by Crippen LogP contribution is 2.34. The van der Waals surface area contributed by atoms with Gasteiger partial charge < -0.3 is 19.3 Å². The first kappa shape index (κ1) is 26.7. The maximum absolute atomic E-state index is 12.7. The van der Waals surface area contributed by atoms with Gasteiger partial charge in [0.15, 0.2) is 11.9 Å². The molecule has 0 saturated heterocycles. The van der Waals surface area contributed by atoms with Crippen molar-refractivity contribution in [1.82, 2.24) is 0 Å². The molecule has 0 aliphatic rings. The van der Waals surface area contributed by atoms with Gasteiger partial charge in [-0.2, -0.15) is 12.6 Å². The number of rotatable bonds is 11. The Morgan fingerprint density at radius 2 is 1.85 bits per heavy atom. The first-order chi connectivity index (χ1) is 15.7. The first-order valence-corrected chi connectivity index (χ1v) is 11.6. The number of anilines is 1. The van der Waals surface area contributed by atoms with Gasteiger partial charge in [0.2, 0.25) is 0 Å². The zero-order valence-electron chi connectivity index (χ0n) is 18.2. The van der Waals surface area contributed by atoms with E-state index in [0.717, 1.165) is 0 Å². The van der Waals surface area contributed by atoms with Crippen LogP contribution in [0.1, 0.15) is 42.3 Å². The van der Waals surface area contributed by atoms with Crippen molar-refractivity contribution in [2.24, 2.45) is 0 Å². The average molecular weight is 540 g/mol. The molecule has 0 radical (unpaired) electrons. The number of phenolic OH excluding ortho intramolecular Hbond substituents is 1. The summed E-state index contributed by atoms with van der Waals surface area (Å²) in [6, 6.07) is 11.1. The van der Waals surface area contributed by atoms with E-state index < -0.39 is 24.3 Å². The van der Waals surface area contributed by atoms with Gasteiger partial charge >= 0.3 is 12.1 Å². The van der Waals surface area contributed by atoms with Gasteiger partial charge in [0.25, 0.3) is 0 Å². The zero-order chi connectivity index (χ0) is 24.4. The lowest BCUT2D eigenvalue weighted by Crippen LogP contribution is -2.30. The van der Waals surface area contributed by atoms with E-state index in [1.54, 1.807) is 43.3 Å². The fraction of sp³-hybridized carbons (Fsp3) is 0.348. The van der Waals surface area contributed by atoms with Crippen LogP contribution in [-0.4, -0.2) is 48.0 Å². The number of amides is 1. The number of ketones is 1. The molecule has 2 aromatic carbocycles. The summed E-state index contributed by atoms with van der Waals surface area (Å²) in [4.78, 5) is 35.6. The topological polar surface area (TPSA) is 111 Å². The van der Waals surface area contributed by atoms with E-state index in [-0.39, 0.29) is 30.3 Å². The summed E-state index contributed by atoms with van der Waals surface area (Å²) in [5.74, 6) is -0.717. The van der Waals surface area contributed by atoms with E-state index in [4.69, 9.17) is 14.2 Å². The maximum Gasteiger partial charge on any atom is 0.412 e. The van der Waals surface area contributed by atoms with Crippen LogP contribution < -0.4 is 5.32 Å². The summed E-state index contributed by atoms with van der Waals surface area (Å²) in [7, 11) is 0. The molecule has 2 rings (SSSR count). The molecule has 0 saturated carbocycles. The van der Waals surface area contributed by atoms with Crippen molar-refractivity contribution < 1.29 is 33.7 Å². The summed E-state index contributed by atoms with van der Waals surface area (Å²) in [6.07, 6.45) is -2.29. The molecule has 2 N–H and O–H groups in total. The molecule has 0 fully saturated rings. The van der Waals surface area contributed by atoms with Gasteiger partial charge in [-0.25, -0.2) is 4.79 Å². The second-order valence-corrected chi connectivity index (χ2v) is 8.18. The third-order valence-electron chi connectivity index (χ3n) is 4.58. The molecule has 0 spiro atoms. The molecule has 0 bridgehead atoms. The SMILES string of the molecule is CCO[C@H](CCOC(=O)CS)[C@H](OC(=O)Nc1ccc(C(C)=O)cc1)c1cc(Br)ccc1O. The van der Waals surface area contributed by atoms with Crippen molar-refractivity contribution in [3.63, 3.8) is 0 Å². The molecule has 0 heterocycles. The highest BCUT2D eigenvalue weighted by Gasteiger charge is 2.30. The number of esters is 1. The van der Waals surface area contributed by atoms with Gasteiger partial charge in [-0.15, -0.1) is 0 Å². The van der Waals surface area contributed by atoms with Gasteiger partial charge in [0.05, 0.1) is 12.4 Å². The molecule has 0 unspecified atom stereocenters. The van der Waals surface area contributed by atoms with E-state index in [9.17, 15) is 19.5 Å². The molecule has 2 aromatic rings. The predicted molar refractivity (Wildman–Crippen MR) is 130 cm³/mol. The van der Waals surface area contributed by atoms with Crippen LogP contribution in [-0.2, 0) is 19.0 Å². The number of hydrogen-bond donors (Lipinski definition) is 3. The Morgan fingerprint density at radius 1 is 1.15 bits per heavy atom. The van der Waals surface area contributed by atoms with Crippen LogP contribution in [0.25, 0.3) is 0 Å². The highest BCUT2D eigenvalue weighted by atomic mass is 79.9. The molecule has 0 aliphatic heterocycles. The number of carbonyl (C=O) groups is 3. The largest absolute Gasteiger partial charge is 0.508 e. The van der Waals surface area contributed by atoms with Crippen LogP contribution in [0.5, 0.6) is 5.75 Å². The van der Waals surface area contributed by atoms with Crippen molar-refractivity contribution in [3.05, 3.63) is 58.1 Å². The standard InChI is InChI=1S/C23H26BrNO7S/c1-3-30-20(10-11-31-21(28)13-33)22(18-12-16(24)6-9-19(18)27)32-23(29)25-17-7-4-15(5-8-17)14(2)26/h4-9,12,20,22,27,33H,3,10-11,13H2,1-2H3,(H,25,29)/t20-,22-/m1/s1. The molecule has 2 atom stereocenters. The van der Waals surface area contributed by atoms with E-state index in [2.05, 4.69) is 33.9 Å². The number of thiol groups is 1. The van der Waals surface area contributed by atoms with Gasteiger partial charge in [-0.3, -0.25) is 14.9 Å².